The smallest absolute Gasteiger partial charge is 0.207 e. The summed E-state index contributed by atoms with van der Waals surface area (Å²) in [5.41, 5.74) is 1.83. The summed E-state index contributed by atoms with van der Waals surface area (Å²) in [6.45, 7) is 2.64. The number of hydrogen-bond donors (Lipinski definition) is 0. The van der Waals surface area contributed by atoms with Crippen molar-refractivity contribution in [1.82, 2.24) is 9.78 Å². The molecule has 4 nitrogen and oxygen atoms in total. The lowest BCUT2D eigenvalue weighted by Crippen LogP contribution is -2.10. The number of methoxy groups -OCH3 is 1. The molecular weight excluding hydrogens is 228 g/mol. The van der Waals surface area contributed by atoms with Crippen molar-refractivity contribution in [1.29, 1.82) is 0 Å². The zero-order valence-corrected chi connectivity index (χ0v) is 11.1. The first-order chi connectivity index (χ1) is 8.76. The molecule has 1 aromatic heterocycles. The molecule has 1 aliphatic rings. The van der Waals surface area contributed by atoms with Crippen LogP contribution < -0.4 is 4.74 Å². The fourth-order valence-corrected chi connectivity index (χ4v) is 2.41. The molecule has 0 aliphatic heterocycles. The Morgan fingerprint density at radius 2 is 2.17 bits per heavy atom. The summed E-state index contributed by atoms with van der Waals surface area (Å²) in [5.74, 6) is 0.581. The minimum atomic E-state index is 0.0168. The molecule has 1 fully saturated rings. The Hall–Kier alpha value is -1.58. The minimum Gasteiger partial charge on any atom is -0.493 e. The van der Waals surface area contributed by atoms with Crippen LogP contribution in [0.5, 0.6) is 5.75 Å². The molecule has 0 aromatic carbocycles. The van der Waals surface area contributed by atoms with Gasteiger partial charge in [0.15, 0.2) is 11.4 Å². The molecule has 1 saturated carbocycles. The van der Waals surface area contributed by atoms with Crippen molar-refractivity contribution in [2.24, 2.45) is 0 Å². The molecule has 98 valence electrons. The highest BCUT2D eigenvalue weighted by molar-refractivity contribution is 6.05. The van der Waals surface area contributed by atoms with Gasteiger partial charge in [-0.25, -0.2) is 0 Å². The minimum absolute atomic E-state index is 0.0168. The lowest BCUT2D eigenvalue weighted by Gasteiger charge is -2.13. The number of allylic oxidation sites excluding steroid dienone is 2. The van der Waals surface area contributed by atoms with E-state index in [-0.39, 0.29) is 5.78 Å². The number of aromatic nitrogens is 2. The van der Waals surface area contributed by atoms with Crippen molar-refractivity contribution in [3.63, 3.8) is 0 Å². The lowest BCUT2D eigenvalue weighted by molar-refractivity contribution is 0.103. The Balaban J connectivity index is 2.24. The van der Waals surface area contributed by atoms with Gasteiger partial charge in [-0.2, -0.15) is 5.10 Å². The van der Waals surface area contributed by atoms with E-state index in [1.807, 2.05) is 6.92 Å². The van der Waals surface area contributed by atoms with E-state index in [1.165, 1.54) is 24.8 Å². The van der Waals surface area contributed by atoms with Crippen LogP contribution in [-0.4, -0.2) is 22.7 Å². The van der Waals surface area contributed by atoms with Crippen LogP contribution in [0.2, 0.25) is 0 Å². The number of hydrogen-bond acceptors (Lipinski definition) is 3. The summed E-state index contributed by atoms with van der Waals surface area (Å²) in [4.78, 5) is 12.3. The van der Waals surface area contributed by atoms with E-state index < -0.39 is 0 Å². The second kappa shape index (κ2) is 5.85. The van der Waals surface area contributed by atoms with Crippen LogP contribution >= 0.6 is 0 Å². The van der Waals surface area contributed by atoms with E-state index in [2.05, 4.69) is 5.10 Å². The number of carbonyl (C=O) groups is 1. The molecule has 0 unspecified atom stereocenters. The third-order valence-electron chi connectivity index (χ3n) is 3.39. The number of rotatable bonds is 4. The molecule has 2 rings (SSSR count). The molecule has 0 amide bonds. The number of carbonyl (C=O) groups excluding carboxylic acids is 1. The molecule has 0 spiro atoms. The van der Waals surface area contributed by atoms with Crippen molar-refractivity contribution in [3.8, 4) is 5.75 Å². The molecule has 0 saturated heterocycles. The Kier molecular flexibility index (Phi) is 4.18. The molecule has 0 N–H and O–H groups in total. The van der Waals surface area contributed by atoms with Gasteiger partial charge in [0.1, 0.15) is 0 Å². The number of nitrogens with zero attached hydrogens (tertiary/aromatic N) is 2. The van der Waals surface area contributed by atoms with E-state index in [1.54, 1.807) is 24.1 Å². The number of aryl methyl sites for hydroxylation is 1. The van der Waals surface area contributed by atoms with Gasteiger partial charge in [0.05, 0.1) is 13.3 Å². The third kappa shape index (κ3) is 2.63. The summed E-state index contributed by atoms with van der Waals surface area (Å²) >= 11 is 0. The zero-order chi connectivity index (χ0) is 13.0. The highest BCUT2D eigenvalue weighted by atomic mass is 16.5. The molecule has 18 heavy (non-hydrogen) atoms. The topological polar surface area (TPSA) is 44.1 Å². The Bertz CT molecular complexity index is 431. The quantitative estimate of drug-likeness (QED) is 0.607. The van der Waals surface area contributed by atoms with Crippen molar-refractivity contribution in [3.05, 3.63) is 23.5 Å². The standard InChI is InChI=1S/C14H20N2O2/c1-3-16-14(13(18-2)10-15-16)12(17)9-11-7-5-4-6-8-11/h9-10H,3-8H2,1-2H3. The molecular formula is C14H20N2O2. The van der Waals surface area contributed by atoms with E-state index in [9.17, 15) is 4.79 Å². The Labute approximate surface area is 108 Å². The van der Waals surface area contributed by atoms with E-state index in [0.717, 1.165) is 12.8 Å². The van der Waals surface area contributed by atoms with Gasteiger partial charge in [0.2, 0.25) is 5.78 Å². The van der Waals surface area contributed by atoms with E-state index in [0.29, 0.717) is 18.0 Å². The van der Waals surface area contributed by atoms with Gasteiger partial charge in [0, 0.05) is 6.54 Å². The molecule has 1 aliphatic carbocycles. The van der Waals surface area contributed by atoms with Gasteiger partial charge in [0.25, 0.3) is 0 Å². The van der Waals surface area contributed by atoms with Crippen LogP contribution in [0.4, 0.5) is 0 Å². The molecule has 0 radical (unpaired) electrons. The van der Waals surface area contributed by atoms with Gasteiger partial charge < -0.3 is 4.74 Å². The predicted octanol–water partition coefficient (Wildman–Crippen LogP) is 2.98. The normalized spacial score (nSPS) is 15.6. The van der Waals surface area contributed by atoms with Crippen molar-refractivity contribution >= 4 is 5.78 Å². The van der Waals surface area contributed by atoms with E-state index >= 15 is 0 Å². The molecule has 0 atom stereocenters. The van der Waals surface area contributed by atoms with Gasteiger partial charge in [-0.1, -0.05) is 12.0 Å². The molecule has 1 heterocycles. The highest BCUT2D eigenvalue weighted by Gasteiger charge is 2.18. The van der Waals surface area contributed by atoms with Crippen molar-refractivity contribution in [2.45, 2.75) is 45.6 Å². The predicted molar refractivity (Wildman–Crippen MR) is 70.0 cm³/mol. The largest absolute Gasteiger partial charge is 0.493 e. The van der Waals surface area contributed by atoms with Crippen molar-refractivity contribution < 1.29 is 9.53 Å². The third-order valence-corrected chi connectivity index (χ3v) is 3.39. The summed E-state index contributed by atoms with van der Waals surface area (Å²) in [6.07, 6.45) is 9.16. The first kappa shape index (κ1) is 12.9. The monoisotopic (exact) mass is 248 g/mol. The van der Waals surface area contributed by atoms with Crippen LogP contribution in [-0.2, 0) is 6.54 Å². The van der Waals surface area contributed by atoms with Crippen LogP contribution in [0.3, 0.4) is 0 Å². The first-order valence-corrected chi connectivity index (χ1v) is 6.59. The maximum atomic E-state index is 12.3. The average molecular weight is 248 g/mol. The highest BCUT2D eigenvalue weighted by Crippen LogP contribution is 2.25. The maximum Gasteiger partial charge on any atom is 0.207 e. The fourth-order valence-electron chi connectivity index (χ4n) is 2.41. The van der Waals surface area contributed by atoms with Gasteiger partial charge in [-0.15, -0.1) is 0 Å². The Morgan fingerprint density at radius 3 is 2.78 bits per heavy atom. The first-order valence-electron chi connectivity index (χ1n) is 6.59. The van der Waals surface area contributed by atoms with Gasteiger partial charge in [-0.3, -0.25) is 9.48 Å². The van der Waals surface area contributed by atoms with Gasteiger partial charge in [-0.05, 0) is 38.7 Å². The number of ether oxygens (including phenoxy) is 1. The van der Waals surface area contributed by atoms with Crippen LogP contribution in [0.15, 0.2) is 17.8 Å². The SMILES string of the molecule is CCn1ncc(OC)c1C(=O)C=C1CCCCC1. The van der Waals surface area contributed by atoms with Crippen LogP contribution in [0.1, 0.15) is 49.5 Å². The summed E-state index contributed by atoms with van der Waals surface area (Å²) in [5, 5.41) is 4.16. The fraction of sp³-hybridized carbons (Fsp3) is 0.571. The second-order valence-electron chi connectivity index (χ2n) is 4.60. The van der Waals surface area contributed by atoms with Crippen LogP contribution in [0, 0.1) is 0 Å². The van der Waals surface area contributed by atoms with E-state index in [4.69, 9.17) is 4.74 Å². The second-order valence-corrected chi connectivity index (χ2v) is 4.60. The summed E-state index contributed by atoms with van der Waals surface area (Å²) in [7, 11) is 1.57. The Morgan fingerprint density at radius 1 is 1.44 bits per heavy atom. The molecule has 4 heteroatoms. The van der Waals surface area contributed by atoms with Gasteiger partial charge >= 0.3 is 0 Å². The van der Waals surface area contributed by atoms with Crippen molar-refractivity contribution in [2.75, 3.05) is 7.11 Å². The maximum absolute atomic E-state index is 12.3. The lowest BCUT2D eigenvalue weighted by atomic mass is 9.94. The number of ketones is 1. The summed E-state index contributed by atoms with van der Waals surface area (Å²) < 4.78 is 6.90. The zero-order valence-electron chi connectivity index (χ0n) is 11.1. The molecule has 1 aromatic rings. The summed E-state index contributed by atoms with van der Waals surface area (Å²) in [6, 6.07) is 0. The molecule has 0 bridgehead atoms. The average Bonchev–Trinajstić information content (AvgIpc) is 2.82. The van der Waals surface area contributed by atoms with Crippen LogP contribution in [0.25, 0.3) is 0 Å².